The molecule has 0 aliphatic heterocycles. The first-order chi connectivity index (χ1) is 10.1. The zero-order chi connectivity index (χ0) is 15.1. The average Bonchev–Trinajstić information content (AvgIpc) is 2.49. The van der Waals surface area contributed by atoms with Crippen molar-refractivity contribution in [2.45, 2.75) is 51.0 Å². The van der Waals surface area contributed by atoms with E-state index in [0.717, 1.165) is 31.3 Å². The maximum Gasteiger partial charge on any atom is 0.136 e. The molecule has 0 heterocycles. The summed E-state index contributed by atoms with van der Waals surface area (Å²) in [6.45, 7) is 1.74. The molecule has 0 saturated carbocycles. The molecule has 2 heteroatoms. The summed E-state index contributed by atoms with van der Waals surface area (Å²) in [7, 11) is 0. The van der Waals surface area contributed by atoms with Crippen molar-refractivity contribution in [2.75, 3.05) is 0 Å². The Labute approximate surface area is 127 Å². The van der Waals surface area contributed by atoms with E-state index in [1.165, 1.54) is 5.56 Å². The highest BCUT2D eigenvalue weighted by Gasteiger charge is 2.27. The fourth-order valence-corrected chi connectivity index (χ4v) is 2.72. The van der Waals surface area contributed by atoms with E-state index in [4.69, 9.17) is 0 Å². The molecule has 1 aliphatic rings. The van der Waals surface area contributed by atoms with Gasteiger partial charge in [-0.1, -0.05) is 48.6 Å². The summed E-state index contributed by atoms with van der Waals surface area (Å²) in [6.07, 6.45) is 10.5. The highest BCUT2D eigenvalue weighted by molar-refractivity contribution is 5.80. The first-order valence-corrected chi connectivity index (χ1v) is 7.73. The number of aryl methyl sites for hydroxylation is 1. The lowest BCUT2D eigenvalue weighted by Crippen LogP contribution is -2.30. The minimum Gasteiger partial charge on any atom is -0.385 e. The molecule has 2 rings (SSSR count). The Hall–Kier alpha value is -1.67. The Bertz CT molecular complexity index is 524. The van der Waals surface area contributed by atoms with Crippen molar-refractivity contribution >= 4 is 5.78 Å². The molecular formula is C19H24O2. The Balaban J connectivity index is 1.78. The number of carbonyl (C=O) groups excluding carboxylic acids is 1. The molecule has 0 spiro atoms. The number of hydrogen-bond acceptors (Lipinski definition) is 2. The van der Waals surface area contributed by atoms with Crippen LogP contribution >= 0.6 is 0 Å². The summed E-state index contributed by atoms with van der Waals surface area (Å²) in [5, 5.41) is 10.5. The first-order valence-electron chi connectivity index (χ1n) is 7.73. The van der Waals surface area contributed by atoms with Crippen molar-refractivity contribution in [3.05, 3.63) is 59.7 Å². The molecule has 0 fully saturated rings. The van der Waals surface area contributed by atoms with Gasteiger partial charge in [0.05, 0.1) is 5.60 Å². The summed E-state index contributed by atoms with van der Waals surface area (Å²) in [5.41, 5.74) is 1.11. The molecule has 1 unspecified atom stereocenters. The minimum absolute atomic E-state index is 0.135. The monoisotopic (exact) mass is 284 g/mol. The lowest BCUT2D eigenvalue weighted by molar-refractivity contribution is -0.122. The summed E-state index contributed by atoms with van der Waals surface area (Å²) in [4.78, 5) is 12.1. The van der Waals surface area contributed by atoms with Gasteiger partial charge in [0.2, 0.25) is 0 Å². The number of ketones is 1. The first kappa shape index (κ1) is 15.7. The van der Waals surface area contributed by atoms with Gasteiger partial charge in [-0.15, -0.1) is 0 Å². The zero-order valence-electron chi connectivity index (χ0n) is 12.7. The quantitative estimate of drug-likeness (QED) is 0.822. The number of aliphatic hydroxyl groups is 1. The highest BCUT2D eigenvalue weighted by atomic mass is 16.3. The predicted molar refractivity (Wildman–Crippen MR) is 86.1 cm³/mol. The second-order valence-electron chi connectivity index (χ2n) is 5.97. The van der Waals surface area contributed by atoms with Gasteiger partial charge in [0.25, 0.3) is 0 Å². The molecule has 0 amide bonds. The minimum atomic E-state index is -1.03. The van der Waals surface area contributed by atoms with Crippen LogP contribution in [0.25, 0.3) is 0 Å². The van der Waals surface area contributed by atoms with Crippen molar-refractivity contribution in [1.82, 2.24) is 0 Å². The Morgan fingerprint density at radius 3 is 2.67 bits per heavy atom. The maximum atomic E-state index is 12.1. The Morgan fingerprint density at radius 1 is 1.24 bits per heavy atom. The van der Waals surface area contributed by atoms with Crippen LogP contribution in [0, 0.1) is 0 Å². The van der Waals surface area contributed by atoms with Crippen molar-refractivity contribution < 1.29 is 9.90 Å². The number of carbonyl (C=O) groups is 1. The van der Waals surface area contributed by atoms with Crippen LogP contribution < -0.4 is 0 Å². The van der Waals surface area contributed by atoms with Crippen LogP contribution in [0.4, 0.5) is 0 Å². The fourth-order valence-electron chi connectivity index (χ4n) is 2.72. The van der Waals surface area contributed by atoms with Crippen LogP contribution in [0.15, 0.2) is 54.1 Å². The Morgan fingerprint density at radius 2 is 2.00 bits per heavy atom. The summed E-state index contributed by atoms with van der Waals surface area (Å²) in [5.74, 6) is 0.135. The number of rotatable bonds is 7. The van der Waals surface area contributed by atoms with Crippen LogP contribution in [-0.2, 0) is 11.2 Å². The summed E-state index contributed by atoms with van der Waals surface area (Å²) < 4.78 is 0. The second-order valence-corrected chi connectivity index (χ2v) is 5.97. The van der Waals surface area contributed by atoms with E-state index >= 15 is 0 Å². The molecule has 0 bridgehead atoms. The molecule has 0 saturated heterocycles. The molecule has 112 valence electrons. The molecule has 1 aliphatic carbocycles. The third-order valence-corrected chi connectivity index (χ3v) is 3.92. The molecule has 0 aromatic heterocycles. The van der Waals surface area contributed by atoms with E-state index in [9.17, 15) is 9.90 Å². The summed E-state index contributed by atoms with van der Waals surface area (Å²) >= 11 is 0. The van der Waals surface area contributed by atoms with E-state index in [1.54, 1.807) is 6.92 Å². The van der Waals surface area contributed by atoms with Gasteiger partial charge < -0.3 is 5.11 Å². The maximum absolute atomic E-state index is 12.1. The highest BCUT2D eigenvalue weighted by Crippen LogP contribution is 2.26. The molecule has 1 aromatic carbocycles. The van der Waals surface area contributed by atoms with Crippen molar-refractivity contribution in [1.29, 1.82) is 0 Å². The van der Waals surface area contributed by atoms with Crippen LogP contribution in [0.2, 0.25) is 0 Å². The number of benzene rings is 1. The number of hydrogen-bond donors (Lipinski definition) is 1. The van der Waals surface area contributed by atoms with Crippen molar-refractivity contribution in [3.63, 3.8) is 0 Å². The van der Waals surface area contributed by atoms with Gasteiger partial charge in [0.1, 0.15) is 5.78 Å². The molecule has 21 heavy (non-hydrogen) atoms. The topological polar surface area (TPSA) is 37.3 Å². The molecule has 0 radical (unpaired) electrons. The standard InChI is InChI=1S/C19H24O2/c1-19(21,17-12-6-3-7-13-17)15-18(20)14-8-11-16-9-4-2-5-10-16/h2,4-6,9-10,12-13,21H,3,7-8,11,14-15H2,1H3. The molecular weight excluding hydrogens is 260 g/mol. The smallest absolute Gasteiger partial charge is 0.136 e. The van der Waals surface area contributed by atoms with Gasteiger partial charge in [-0.25, -0.2) is 0 Å². The van der Waals surface area contributed by atoms with E-state index in [1.807, 2.05) is 30.4 Å². The van der Waals surface area contributed by atoms with E-state index in [0.29, 0.717) is 6.42 Å². The molecule has 1 aromatic rings. The molecule has 1 N–H and O–H groups in total. The lowest BCUT2D eigenvalue weighted by Gasteiger charge is -2.25. The van der Waals surface area contributed by atoms with Crippen LogP contribution in [-0.4, -0.2) is 16.5 Å². The van der Waals surface area contributed by atoms with Crippen LogP contribution in [0.3, 0.4) is 0 Å². The zero-order valence-corrected chi connectivity index (χ0v) is 12.7. The fraction of sp³-hybridized carbons (Fsp3) is 0.421. The van der Waals surface area contributed by atoms with Gasteiger partial charge in [0, 0.05) is 12.8 Å². The number of allylic oxidation sites excluding steroid dienone is 2. The predicted octanol–water partition coefficient (Wildman–Crippen LogP) is 4.00. The SMILES string of the molecule is CC(O)(CC(=O)CCCc1ccccc1)C1=CCCC=C1. The second kappa shape index (κ2) is 7.37. The third-order valence-electron chi connectivity index (χ3n) is 3.92. The molecule has 2 nitrogen and oxygen atoms in total. The van der Waals surface area contributed by atoms with Gasteiger partial charge in [0.15, 0.2) is 0 Å². The van der Waals surface area contributed by atoms with E-state index < -0.39 is 5.60 Å². The van der Waals surface area contributed by atoms with Crippen molar-refractivity contribution in [2.24, 2.45) is 0 Å². The van der Waals surface area contributed by atoms with Crippen molar-refractivity contribution in [3.8, 4) is 0 Å². The van der Waals surface area contributed by atoms with Crippen LogP contribution in [0.1, 0.15) is 44.6 Å². The third kappa shape index (κ3) is 4.98. The van der Waals surface area contributed by atoms with E-state index in [-0.39, 0.29) is 12.2 Å². The summed E-state index contributed by atoms with van der Waals surface area (Å²) in [6, 6.07) is 10.2. The Kier molecular flexibility index (Phi) is 5.51. The van der Waals surface area contributed by atoms with Gasteiger partial charge >= 0.3 is 0 Å². The number of Topliss-reactive ketones (excluding diaryl/α,β-unsaturated/α-hetero) is 1. The van der Waals surface area contributed by atoms with E-state index in [2.05, 4.69) is 18.2 Å². The molecule has 1 atom stereocenters. The normalized spacial score (nSPS) is 17.1. The average molecular weight is 284 g/mol. The van der Waals surface area contributed by atoms with Gasteiger partial charge in [-0.05, 0) is 43.7 Å². The van der Waals surface area contributed by atoms with Crippen LogP contribution in [0.5, 0.6) is 0 Å². The largest absolute Gasteiger partial charge is 0.385 e. The van der Waals surface area contributed by atoms with Gasteiger partial charge in [-0.2, -0.15) is 0 Å². The van der Waals surface area contributed by atoms with Gasteiger partial charge in [-0.3, -0.25) is 4.79 Å². The lowest BCUT2D eigenvalue weighted by atomic mass is 9.86.